The van der Waals surface area contributed by atoms with Crippen molar-refractivity contribution in [2.75, 3.05) is 19.8 Å². The van der Waals surface area contributed by atoms with Crippen LogP contribution in [-0.2, 0) is 22.7 Å². The number of hydrogen-bond donors (Lipinski definition) is 2. The third-order valence-electron chi connectivity index (χ3n) is 4.38. The number of ether oxygens (including phenoxy) is 3. The molecule has 7 heteroatoms. The Kier molecular flexibility index (Phi) is 9.84. The maximum absolute atomic E-state index is 12.4. The normalized spacial score (nSPS) is 10.6. The zero-order chi connectivity index (χ0) is 22.6. The second-order valence-electron chi connectivity index (χ2n) is 7.12. The minimum Gasteiger partial charge on any atom is -0.490 e. The van der Waals surface area contributed by atoms with Gasteiger partial charge in [0.05, 0.1) is 32.5 Å². The highest BCUT2D eigenvalue weighted by Gasteiger charge is 2.13. The fourth-order valence-corrected chi connectivity index (χ4v) is 2.84. The lowest BCUT2D eigenvalue weighted by atomic mass is 10.1. The molecule has 0 saturated carbocycles. The quantitative estimate of drug-likeness (QED) is 0.541. The van der Waals surface area contributed by atoms with Gasteiger partial charge in [-0.15, -0.1) is 0 Å². The molecule has 168 valence electrons. The van der Waals surface area contributed by atoms with Gasteiger partial charge in [0.15, 0.2) is 11.5 Å². The zero-order valence-corrected chi connectivity index (χ0v) is 18.7. The first-order chi connectivity index (χ1) is 14.9. The molecule has 0 saturated heterocycles. The van der Waals surface area contributed by atoms with E-state index < -0.39 is 0 Å². The predicted molar refractivity (Wildman–Crippen MR) is 119 cm³/mol. The third-order valence-corrected chi connectivity index (χ3v) is 4.38. The number of carbonyl (C=O) groups is 2. The van der Waals surface area contributed by atoms with Gasteiger partial charge >= 0.3 is 0 Å². The highest BCUT2D eigenvalue weighted by molar-refractivity contribution is 5.97. The lowest BCUT2D eigenvalue weighted by molar-refractivity contribution is -0.120. The highest BCUT2D eigenvalue weighted by atomic mass is 16.5. The summed E-state index contributed by atoms with van der Waals surface area (Å²) in [6.45, 7) is 9.38. The van der Waals surface area contributed by atoms with E-state index >= 15 is 0 Å². The van der Waals surface area contributed by atoms with Crippen LogP contribution in [0, 0.1) is 0 Å². The second-order valence-corrected chi connectivity index (χ2v) is 7.12. The molecule has 2 rings (SSSR count). The van der Waals surface area contributed by atoms with E-state index in [0.29, 0.717) is 43.4 Å². The Labute approximate surface area is 184 Å². The summed E-state index contributed by atoms with van der Waals surface area (Å²) in [5.74, 6) is 0.453. The van der Waals surface area contributed by atoms with Crippen molar-refractivity contribution < 1.29 is 23.8 Å². The van der Waals surface area contributed by atoms with Gasteiger partial charge in [-0.3, -0.25) is 9.59 Å². The lowest BCUT2D eigenvalue weighted by Crippen LogP contribution is -2.36. The first kappa shape index (κ1) is 24.2. The molecule has 0 radical (unpaired) electrons. The predicted octanol–water partition coefficient (Wildman–Crippen LogP) is 3.46. The van der Waals surface area contributed by atoms with Crippen LogP contribution in [0.1, 0.15) is 49.2 Å². The van der Waals surface area contributed by atoms with E-state index in [1.807, 2.05) is 52.0 Å². The summed E-state index contributed by atoms with van der Waals surface area (Å²) in [5.41, 5.74) is 2.41. The smallest absolute Gasteiger partial charge is 0.251 e. The molecule has 2 amide bonds. The fraction of sp³-hybridized carbons (Fsp3) is 0.417. The van der Waals surface area contributed by atoms with Crippen LogP contribution in [0.25, 0.3) is 0 Å². The number of hydrogen-bond acceptors (Lipinski definition) is 5. The number of rotatable bonds is 12. The van der Waals surface area contributed by atoms with Crippen LogP contribution in [-0.4, -0.2) is 37.7 Å². The second kappa shape index (κ2) is 12.6. The van der Waals surface area contributed by atoms with E-state index in [4.69, 9.17) is 14.2 Å². The Morgan fingerprint density at radius 1 is 0.903 bits per heavy atom. The van der Waals surface area contributed by atoms with Gasteiger partial charge in [0.1, 0.15) is 0 Å². The number of nitrogens with one attached hydrogen (secondary N) is 2. The zero-order valence-electron chi connectivity index (χ0n) is 18.7. The molecule has 0 bridgehead atoms. The van der Waals surface area contributed by atoms with Crippen molar-refractivity contribution in [3.63, 3.8) is 0 Å². The van der Waals surface area contributed by atoms with Gasteiger partial charge in [-0.05, 0) is 57.0 Å². The van der Waals surface area contributed by atoms with Crippen molar-refractivity contribution in [2.24, 2.45) is 0 Å². The standard InChI is InChI=1S/C24H32N2O5/c1-5-29-21-12-11-18(13-22(21)30-6-2)24(28)26-15-23(27)25-14-19-9-7-8-10-20(19)16-31-17(3)4/h7-13,17H,5-6,14-16H2,1-4H3,(H,25,27)(H,26,28). The van der Waals surface area contributed by atoms with Gasteiger partial charge < -0.3 is 24.8 Å². The van der Waals surface area contributed by atoms with E-state index in [1.54, 1.807) is 18.2 Å². The SMILES string of the molecule is CCOc1ccc(C(=O)NCC(=O)NCc2ccccc2COC(C)C)cc1OCC. The van der Waals surface area contributed by atoms with E-state index in [2.05, 4.69) is 10.6 Å². The molecule has 0 unspecified atom stereocenters. The monoisotopic (exact) mass is 428 g/mol. The molecule has 0 fully saturated rings. The molecule has 0 aliphatic rings. The van der Waals surface area contributed by atoms with E-state index in [-0.39, 0.29) is 24.5 Å². The molecular weight excluding hydrogens is 396 g/mol. The Balaban J connectivity index is 1.89. The van der Waals surface area contributed by atoms with E-state index in [0.717, 1.165) is 11.1 Å². The molecule has 7 nitrogen and oxygen atoms in total. The Bertz CT molecular complexity index is 867. The van der Waals surface area contributed by atoms with Crippen molar-refractivity contribution in [3.05, 3.63) is 59.2 Å². The largest absolute Gasteiger partial charge is 0.490 e. The van der Waals surface area contributed by atoms with Crippen molar-refractivity contribution in [1.29, 1.82) is 0 Å². The molecule has 2 aromatic carbocycles. The molecule has 31 heavy (non-hydrogen) atoms. The van der Waals surface area contributed by atoms with Crippen LogP contribution in [0.4, 0.5) is 0 Å². The van der Waals surface area contributed by atoms with Crippen LogP contribution >= 0.6 is 0 Å². The maximum atomic E-state index is 12.4. The molecule has 2 N–H and O–H groups in total. The molecule has 0 spiro atoms. The van der Waals surface area contributed by atoms with Crippen LogP contribution in [0.15, 0.2) is 42.5 Å². The van der Waals surface area contributed by atoms with E-state index in [9.17, 15) is 9.59 Å². The Morgan fingerprint density at radius 2 is 1.58 bits per heavy atom. The molecule has 0 aliphatic heterocycles. The summed E-state index contributed by atoms with van der Waals surface area (Å²) in [6.07, 6.45) is 0.128. The van der Waals surface area contributed by atoms with Crippen molar-refractivity contribution in [3.8, 4) is 11.5 Å². The van der Waals surface area contributed by atoms with Crippen LogP contribution in [0.5, 0.6) is 11.5 Å². The molecule has 0 aliphatic carbocycles. The average molecular weight is 429 g/mol. The summed E-state index contributed by atoms with van der Waals surface area (Å²) in [7, 11) is 0. The summed E-state index contributed by atoms with van der Waals surface area (Å²) in [4.78, 5) is 24.7. The Hall–Kier alpha value is -3.06. The fourth-order valence-electron chi connectivity index (χ4n) is 2.84. The topological polar surface area (TPSA) is 85.9 Å². The minimum absolute atomic E-state index is 0.124. The van der Waals surface area contributed by atoms with Gasteiger partial charge in [-0.1, -0.05) is 24.3 Å². The van der Waals surface area contributed by atoms with Crippen molar-refractivity contribution in [2.45, 2.75) is 47.0 Å². The van der Waals surface area contributed by atoms with Crippen molar-refractivity contribution >= 4 is 11.8 Å². The third kappa shape index (κ3) is 7.94. The summed E-state index contributed by atoms with van der Waals surface area (Å²) in [6, 6.07) is 12.8. The number of amides is 2. The summed E-state index contributed by atoms with van der Waals surface area (Å²) in [5, 5.41) is 5.48. The van der Waals surface area contributed by atoms with Crippen LogP contribution in [0.2, 0.25) is 0 Å². The molecular formula is C24H32N2O5. The van der Waals surface area contributed by atoms with Crippen LogP contribution < -0.4 is 20.1 Å². The number of benzene rings is 2. The first-order valence-electron chi connectivity index (χ1n) is 10.6. The van der Waals surface area contributed by atoms with Crippen LogP contribution in [0.3, 0.4) is 0 Å². The first-order valence-corrected chi connectivity index (χ1v) is 10.6. The molecule has 0 aromatic heterocycles. The molecule has 2 aromatic rings. The molecule has 0 atom stereocenters. The van der Waals surface area contributed by atoms with Gasteiger partial charge in [0.25, 0.3) is 5.91 Å². The maximum Gasteiger partial charge on any atom is 0.251 e. The van der Waals surface area contributed by atoms with Gasteiger partial charge in [0, 0.05) is 12.1 Å². The lowest BCUT2D eigenvalue weighted by Gasteiger charge is -2.14. The average Bonchev–Trinajstić information content (AvgIpc) is 2.76. The van der Waals surface area contributed by atoms with Gasteiger partial charge in [-0.2, -0.15) is 0 Å². The van der Waals surface area contributed by atoms with E-state index in [1.165, 1.54) is 0 Å². The van der Waals surface area contributed by atoms with Gasteiger partial charge in [-0.25, -0.2) is 0 Å². The highest BCUT2D eigenvalue weighted by Crippen LogP contribution is 2.28. The summed E-state index contributed by atoms with van der Waals surface area (Å²) < 4.78 is 16.7. The molecule has 0 heterocycles. The Morgan fingerprint density at radius 3 is 2.26 bits per heavy atom. The van der Waals surface area contributed by atoms with Crippen molar-refractivity contribution in [1.82, 2.24) is 10.6 Å². The van der Waals surface area contributed by atoms with Gasteiger partial charge in [0.2, 0.25) is 5.91 Å². The number of carbonyl (C=O) groups excluding carboxylic acids is 2. The summed E-state index contributed by atoms with van der Waals surface area (Å²) >= 11 is 0. The minimum atomic E-state index is -0.357.